The number of carbonyl (C=O) groups excluding carboxylic acids is 3. The van der Waals surface area contributed by atoms with Crippen molar-refractivity contribution in [3.8, 4) is 0 Å². The molecule has 0 aliphatic carbocycles. The van der Waals surface area contributed by atoms with Crippen molar-refractivity contribution in [3.05, 3.63) is 36.2 Å². The lowest BCUT2D eigenvalue weighted by Gasteiger charge is -2.33. The zero-order valence-corrected chi connectivity index (χ0v) is 20.6. The Hall–Kier alpha value is -3.11. The number of likely N-dealkylation sites (N-methyl/N-ethyl adjacent to an activating group) is 1. The maximum absolute atomic E-state index is 13.4. The SMILES string of the molecule is CNC(=O)[C@@H](NC(=O)[C@H](CC(C)C)[C@H](OCc1cccc2nccnc12)C(=O)NO)C(C)(C)C. The highest BCUT2D eigenvalue weighted by atomic mass is 16.5. The van der Waals surface area contributed by atoms with E-state index in [9.17, 15) is 19.6 Å². The van der Waals surface area contributed by atoms with Crippen LogP contribution in [0.5, 0.6) is 0 Å². The highest BCUT2D eigenvalue weighted by molar-refractivity contribution is 5.92. The number of rotatable bonds is 10. The molecule has 1 aromatic carbocycles. The number of ether oxygens (including phenoxy) is 1. The van der Waals surface area contributed by atoms with E-state index in [-0.39, 0.29) is 18.4 Å². The Morgan fingerprint density at radius 2 is 1.74 bits per heavy atom. The number of hydroxylamine groups is 1. The molecule has 10 heteroatoms. The molecule has 10 nitrogen and oxygen atoms in total. The Balaban J connectivity index is 2.35. The summed E-state index contributed by atoms with van der Waals surface area (Å²) in [4.78, 5) is 47.1. The molecule has 0 spiro atoms. The molecule has 186 valence electrons. The zero-order chi connectivity index (χ0) is 25.5. The van der Waals surface area contributed by atoms with Gasteiger partial charge in [0, 0.05) is 25.0 Å². The largest absolute Gasteiger partial charge is 0.363 e. The minimum atomic E-state index is -1.30. The van der Waals surface area contributed by atoms with Gasteiger partial charge in [-0.05, 0) is 23.8 Å². The summed E-state index contributed by atoms with van der Waals surface area (Å²) in [6, 6.07) is 4.58. The fraction of sp³-hybridized carbons (Fsp3) is 0.542. The fourth-order valence-corrected chi connectivity index (χ4v) is 3.73. The summed E-state index contributed by atoms with van der Waals surface area (Å²) < 4.78 is 5.93. The van der Waals surface area contributed by atoms with E-state index in [1.807, 2.05) is 40.7 Å². The smallest absolute Gasteiger partial charge is 0.273 e. The predicted molar refractivity (Wildman–Crippen MR) is 126 cm³/mol. The van der Waals surface area contributed by atoms with E-state index in [0.717, 1.165) is 0 Å². The lowest BCUT2D eigenvalue weighted by molar-refractivity contribution is -0.153. The quantitative estimate of drug-likeness (QED) is 0.305. The number of hydrogen-bond donors (Lipinski definition) is 4. The van der Waals surface area contributed by atoms with Crippen LogP contribution in [0.25, 0.3) is 11.0 Å². The topological polar surface area (TPSA) is 143 Å². The molecule has 3 amide bonds. The summed E-state index contributed by atoms with van der Waals surface area (Å²) in [6.45, 7) is 9.29. The predicted octanol–water partition coefficient (Wildman–Crippen LogP) is 1.96. The molecule has 34 heavy (non-hydrogen) atoms. The van der Waals surface area contributed by atoms with E-state index >= 15 is 0 Å². The van der Waals surface area contributed by atoms with Crippen molar-refractivity contribution in [1.82, 2.24) is 26.1 Å². The van der Waals surface area contributed by atoms with Crippen LogP contribution in [-0.2, 0) is 25.7 Å². The van der Waals surface area contributed by atoms with Crippen LogP contribution in [0.2, 0.25) is 0 Å². The molecule has 0 aliphatic rings. The van der Waals surface area contributed by atoms with Gasteiger partial charge in [-0.1, -0.05) is 46.8 Å². The third-order valence-electron chi connectivity index (χ3n) is 5.46. The third kappa shape index (κ3) is 6.94. The third-order valence-corrected chi connectivity index (χ3v) is 5.46. The first kappa shape index (κ1) is 27.1. The van der Waals surface area contributed by atoms with Crippen molar-refractivity contribution >= 4 is 28.8 Å². The lowest BCUT2D eigenvalue weighted by Crippen LogP contribution is -2.56. The van der Waals surface area contributed by atoms with Crippen LogP contribution in [-0.4, -0.2) is 52.1 Å². The molecular formula is C24H35N5O5. The minimum absolute atomic E-state index is 0.0323. The van der Waals surface area contributed by atoms with Gasteiger partial charge in [-0.3, -0.25) is 29.6 Å². The molecule has 2 aromatic rings. The minimum Gasteiger partial charge on any atom is -0.363 e. The summed E-state index contributed by atoms with van der Waals surface area (Å²) in [6.07, 6.45) is 2.13. The normalized spacial score (nSPS) is 14.4. The number of hydrogen-bond acceptors (Lipinski definition) is 7. The van der Waals surface area contributed by atoms with Crippen LogP contribution in [0.4, 0.5) is 0 Å². The molecule has 0 saturated heterocycles. The second kappa shape index (κ2) is 11.8. The van der Waals surface area contributed by atoms with Crippen molar-refractivity contribution in [2.45, 2.75) is 59.8 Å². The standard InChI is InChI=1S/C24H35N5O5/c1-14(2)12-16(21(30)28-20(23(32)25-6)24(3,4)5)19(22(31)29-33)34-13-15-8-7-9-17-18(15)27-11-10-26-17/h7-11,14,16,19-20,33H,12-13H2,1-6H3,(H,25,32)(H,28,30)(H,29,31)/t16-,19+,20-/m1/s1. The van der Waals surface area contributed by atoms with Crippen LogP contribution < -0.4 is 16.1 Å². The molecule has 0 saturated carbocycles. The van der Waals surface area contributed by atoms with Gasteiger partial charge in [0.15, 0.2) is 0 Å². The Bertz CT molecular complexity index is 999. The summed E-state index contributed by atoms with van der Waals surface area (Å²) in [5.74, 6) is -2.63. The number of nitrogens with zero attached hydrogens (tertiary/aromatic N) is 2. The Morgan fingerprint density at radius 3 is 2.32 bits per heavy atom. The first-order valence-electron chi connectivity index (χ1n) is 11.3. The van der Waals surface area contributed by atoms with Crippen LogP contribution in [0.3, 0.4) is 0 Å². The van der Waals surface area contributed by atoms with Gasteiger partial charge in [-0.2, -0.15) is 0 Å². The summed E-state index contributed by atoms with van der Waals surface area (Å²) in [7, 11) is 1.50. The van der Waals surface area contributed by atoms with E-state index in [1.165, 1.54) is 7.05 Å². The molecule has 0 bridgehead atoms. The number of benzene rings is 1. The van der Waals surface area contributed by atoms with Gasteiger partial charge in [0.25, 0.3) is 5.91 Å². The van der Waals surface area contributed by atoms with E-state index in [4.69, 9.17) is 4.74 Å². The van der Waals surface area contributed by atoms with E-state index in [1.54, 1.807) is 30.0 Å². The summed E-state index contributed by atoms with van der Waals surface area (Å²) in [5, 5.41) is 14.7. The molecule has 1 heterocycles. The zero-order valence-electron chi connectivity index (χ0n) is 20.6. The number of aromatic nitrogens is 2. The molecular weight excluding hydrogens is 438 g/mol. The molecule has 2 rings (SSSR count). The van der Waals surface area contributed by atoms with Gasteiger partial charge in [0.05, 0.1) is 23.6 Å². The molecule has 3 atom stereocenters. The van der Waals surface area contributed by atoms with Gasteiger partial charge in [0.2, 0.25) is 11.8 Å². The Labute approximate surface area is 199 Å². The van der Waals surface area contributed by atoms with Crippen molar-refractivity contribution < 1.29 is 24.3 Å². The van der Waals surface area contributed by atoms with Crippen LogP contribution in [0, 0.1) is 17.3 Å². The summed E-state index contributed by atoms with van der Waals surface area (Å²) in [5.41, 5.74) is 3.01. The molecule has 0 radical (unpaired) electrons. The number of carbonyl (C=O) groups is 3. The van der Waals surface area contributed by atoms with Crippen LogP contribution in [0.1, 0.15) is 46.6 Å². The second-order valence-electron chi connectivity index (χ2n) is 9.71. The van der Waals surface area contributed by atoms with E-state index in [2.05, 4.69) is 20.6 Å². The molecule has 1 aromatic heterocycles. The number of fused-ring (bicyclic) bond motifs is 1. The van der Waals surface area contributed by atoms with Gasteiger partial charge >= 0.3 is 0 Å². The van der Waals surface area contributed by atoms with Crippen molar-refractivity contribution in [3.63, 3.8) is 0 Å². The molecule has 4 N–H and O–H groups in total. The maximum Gasteiger partial charge on any atom is 0.273 e. The van der Waals surface area contributed by atoms with Gasteiger partial charge in [0.1, 0.15) is 12.1 Å². The second-order valence-corrected chi connectivity index (χ2v) is 9.71. The number of para-hydroxylation sites is 1. The Morgan fingerprint density at radius 1 is 1.06 bits per heavy atom. The van der Waals surface area contributed by atoms with Gasteiger partial charge in [-0.15, -0.1) is 0 Å². The molecule has 0 aliphatic heterocycles. The number of amides is 3. The maximum atomic E-state index is 13.4. The average molecular weight is 474 g/mol. The average Bonchev–Trinajstić information content (AvgIpc) is 2.80. The van der Waals surface area contributed by atoms with Crippen LogP contribution >= 0.6 is 0 Å². The highest BCUT2D eigenvalue weighted by Gasteiger charge is 2.39. The van der Waals surface area contributed by atoms with Crippen molar-refractivity contribution in [2.75, 3.05) is 7.05 Å². The molecule has 0 unspecified atom stereocenters. The van der Waals surface area contributed by atoms with E-state index in [0.29, 0.717) is 23.0 Å². The summed E-state index contributed by atoms with van der Waals surface area (Å²) >= 11 is 0. The highest BCUT2D eigenvalue weighted by Crippen LogP contribution is 2.25. The van der Waals surface area contributed by atoms with E-state index < -0.39 is 35.3 Å². The number of nitrogens with one attached hydrogen (secondary N) is 3. The molecule has 0 fully saturated rings. The van der Waals surface area contributed by atoms with Crippen LogP contribution in [0.15, 0.2) is 30.6 Å². The van der Waals surface area contributed by atoms with Crippen molar-refractivity contribution in [2.24, 2.45) is 17.3 Å². The Kier molecular flexibility index (Phi) is 9.46. The first-order chi connectivity index (χ1) is 16.0. The van der Waals surface area contributed by atoms with Gasteiger partial charge < -0.3 is 15.4 Å². The van der Waals surface area contributed by atoms with Crippen molar-refractivity contribution in [1.29, 1.82) is 0 Å². The lowest BCUT2D eigenvalue weighted by atomic mass is 9.84. The first-order valence-corrected chi connectivity index (χ1v) is 11.3. The van der Waals surface area contributed by atoms with Gasteiger partial charge in [-0.25, -0.2) is 5.48 Å². The monoisotopic (exact) mass is 473 g/mol. The fourth-order valence-electron chi connectivity index (χ4n) is 3.73.